The monoisotopic (exact) mass is 260 g/mol. The molecule has 18 heavy (non-hydrogen) atoms. The first-order valence-electron chi connectivity index (χ1n) is 5.82. The Morgan fingerprint density at radius 3 is 2.67 bits per heavy atom. The van der Waals surface area contributed by atoms with Crippen LogP contribution in [-0.4, -0.2) is 10.9 Å². The van der Waals surface area contributed by atoms with Crippen LogP contribution >= 0.6 is 11.3 Å². The van der Waals surface area contributed by atoms with Gasteiger partial charge < -0.3 is 5.32 Å². The van der Waals surface area contributed by atoms with Crippen molar-refractivity contribution in [2.24, 2.45) is 0 Å². The number of nitrogens with one attached hydrogen (secondary N) is 1. The summed E-state index contributed by atoms with van der Waals surface area (Å²) in [6, 6.07) is 6.10. The van der Waals surface area contributed by atoms with Gasteiger partial charge >= 0.3 is 0 Å². The maximum absolute atomic E-state index is 11.8. The van der Waals surface area contributed by atoms with E-state index in [1.165, 1.54) is 22.5 Å². The van der Waals surface area contributed by atoms with Crippen molar-refractivity contribution in [3.05, 3.63) is 46.0 Å². The van der Waals surface area contributed by atoms with E-state index in [-0.39, 0.29) is 5.91 Å². The Bertz CT molecular complexity index is 575. The highest BCUT2D eigenvalue weighted by atomic mass is 32.1. The second-order valence-corrected chi connectivity index (χ2v) is 5.30. The molecule has 0 bridgehead atoms. The molecule has 0 saturated carbocycles. The Kier molecular flexibility index (Phi) is 3.77. The van der Waals surface area contributed by atoms with E-state index < -0.39 is 0 Å². The molecule has 3 nitrogen and oxygen atoms in total. The van der Waals surface area contributed by atoms with Gasteiger partial charge in [-0.05, 0) is 37.5 Å². The second-order valence-electron chi connectivity index (χ2n) is 4.44. The number of aryl methyl sites for hydroxylation is 3. The molecule has 0 saturated heterocycles. The van der Waals surface area contributed by atoms with Crippen LogP contribution in [0, 0.1) is 20.8 Å². The van der Waals surface area contributed by atoms with Crippen LogP contribution in [0.5, 0.6) is 0 Å². The van der Waals surface area contributed by atoms with Crippen LogP contribution in [0.4, 0.5) is 5.13 Å². The van der Waals surface area contributed by atoms with E-state index >= 15 is 0 Å². The largest absolute Gasteiger partial charge is 0.302 e. The fraction of sp³-hybridized carbons (Fsp3) is 0.286. The summed E-state index contributed by atoms with van der Waals surface area (Å²) in [5.74, 6) is -0.0207. The lowest BCUT2D eigenvalue weighted by atomic mass is 10.0. The van der Waals surface area contributed by atoms with E-state index in [4.69, 9.17) is 0 Å². The Labute approximate surface area is 111 Å². The number of aromatic nitrogens is 1. The summed E-state index contributed by atoms with van der Waals surface area (Å²) in [5.41, 5.74) is 4.42. The fourth-order valence-electron chi connectivity index (χ4n) is 1.67. The molecule has 94 valence electrons. The van der Waals surface area contributed by atoms with Crippen molar-refractivity contribution < 1.29 is 4.79 Å². The number of carbonyl (C=O) groups excluding carboxylic acids is 1. The van der Waals surface area contributed by atoms with Crippen molar-refractivity contribution in [2.45, 2.75) is 27.2 Å². The number of hydrogen-bond donors (Lipinski definition) is 1. The highest BCUT2D eigenvalue weighted by Gasteiger charge is 2.07. The van der Waals surface area contributed by atoms with Gasteiger partial charge in [0.1, 0.15) is 0 Å². The van der Waals surface area contributed by atoms with Crippen molar-refractivity contribution in [1.82, 2.24) is 4.98 Å². The predicted octanol–water partition coefficient (Wildman–Crippen LogP) is 3.25. The van der Waals surface area contributed by atoms with E-state index in [9.17, 15) is 4.79 Å². The average Bonchev–Trinajstić information content (AvgIpc) is 2.69. The molecule has 0 fully saturated rings. The summed E-state index contributed by atoms with van der Waals surface area (Å²) in [6.45, 7) is 6.04. The van der Waals surface area contributed by atoms with Crippen LogP contribution in [0.25, 0.3) is 0 Å². The lowest BCUT2D eigenvalue weighted by molar-refractivity contribution is -0.115. The van der Waals surface area contributed by atoms with E-state index in [1.54, 1.807) is 0 Å². The standard InChI is InChI=1S/C14H16N2OS/c1-9-4-5-12(6-10(9)2)7-13(17)16-14-15-11(3)8-18-14/h4-6,8H,7H2,1-3H3,(H,15,16,17). The number of amides is 1. The van der Waals surface area contributed by atoms with E-state index in [0.717, 1.165) is 11.3 Å². The summed E-state index contributed by atoms with van der Waals surface area (Å²) in [6.07, 6.45) is 0.389. The third-order valence-electron chi connectivity index (χ3n) is 2.80. The second kappa shape index (κ2) is 5.31. The summed E-state index contributed by atoms with van der Waals surface area (Å²) in [5, 5.41) is 5.40. The third-order valence-corrected chi connectivity index (χ3v) is 3.68. The topological polar surface area (TPSA) is 42.0 Å². The van der Waals surface area contributed by atoms with E-state index in [2.05, 4.69) is 30.2 Å². The molecule has 1 aromatic heterocycles. The molecule has 0 aliphatic carbocycles. The highest BCUT2D eigenvalue weighted by molar-refractivity contribution is 7.13. The third kappa shape index (κ3) is 3.17. The fourth-order valence-corrected chi connectivity index (χ4v) is 2.38. The van der Waals surface area contributed by atoms with Gasteiger partial charge in [0.15, 0.2) is 5.13 Å². The predicted molar refractivity (Wildman–Crippen MR) is 75.1 cm³/mol. The molecule has 1 N–H and O–H groups in total. The Hall–Kier alpha value is -1.68. The Morgan fingerprint density at radius 2 is 2.06 bits per heavy atom. The van der Waals surface area contributed by atoms with Crippen molar-refractivity contribution in [1.29, 1.82) is 0 Å². The molecular formula is C14H16N2OS. The van der Waals surface area contributed by atoms with Crippen molar-refractivity contribution in [3.8, 4) is 0 Å². The van der Waals surface area contributed by atoms with Gasteiger partial charge in [-0.3, -0.25) is 4.79 Å². The maximum Gasteiger partial charge on any atom is 0.230 e. The van der Waals surface area contributed by atoms with Gasteiger partial charge in [-0.2, -0.15) is 0 Å². The van der Waals surface area contributed by atoms with Gasteiger partial charge in [-0.15, -0.1) is 11.3 Å². The number of anilines is 1. The molecule has 4 heteroatoms. The molecule has 2 aromatic rings. The van der Waals surface area contributed by atoms with Crippen molar-refractivity contribution >= 4 is 22.4 Å². The minimum absolute atomic E-state index is 0.0207. The van der Waals surface area contributed by atoms with Crippen LogP contribution in [0.3, 0.4) is 0 Å². The SMILES string of the molecule is Cc1csc(NC(=O)Cc2ccc(C)c(C)c2)n1. The zero-order valence-electron chi connectivity index (χ0n) is 10.8. The van der Waals surface area contributed by atoms with Crippen LogP contribution in [0.2, 0.25) is 0 Å². The van der Waals surface area contributed by atoms with Gasteiger partial charge in [0.25, 0.3) is 0 Å². The molecule has 0 radical (unpaired) electrons. The summed E-state index contributed by atoms with van der Waals surface area (Å²) in [4.78, 5) is 16.1. The molecule has 0 unspecified atom stereocenters. The van der Waals surface area contributed by atoms with Crippen LogP contribution in [0.15, 0.2) is 23.6 Å². The van der Waals surface area contributed by atoms with Gasteiger partial charge in [0.05, 0.1) is 12.1 Å². The number of benzene rings is 1. The summed E-state index contributed by atoms with van der Waals surface area (Å²) < 4.78 is 0. The van der Waals surface area contributed by atoms with Gasteiger partial charge in [-0.1, -0.05) is 18.2 Å². The Balaban J connectivity index is 2.00. The molecular weight excluding hydrogens is 244 g/mol. The van der Waals surface area contributed by atoms with Crippen LogP contribution in [-0.2, 0) is 11.2 Å². The minimum Gasteiger partial charge on any atom is -0.302 e. The number of carbonyl (C=O) groups is 1. The summed E-state index contributed by atoms with van der Waals surface area (Å²) in [7, 11) is 0. The van der Waals surface area contributed by atoms with Gasteiger partial charge in [0, 0.05) is 5.38 Å². The highest BCUT2D eigenvalue weighted by Crippen LogP contribution is 2.15. The molecule has 0 aliphatic rings. The number of nitrogens with zero attached hydrogens (tertiary/aromatic N) is 1. The number of rotatable bonds is 3. The first-order chi connectivity index (χ1) is 8.54. The van der Waals surface area contributed by atoms with Gasteiger partial charge in [0.2, 0.25) is 5.91 Å². The first-order valence-corrected chi connectivity index (χ1v) is 6.70. The smallest absolute Gasteiger partial charge is 0.230 e. The first kappa shape index (κ1) is 12.8. The lowest BCUT2D eigenvalue weighted by Gasteiger charge is -2.05. The maximum atomic E-state index is 11.8. The van der Waals surface area contributed by atoms with Gasteiger partial charge in [-0.25, -0.2) is 4.98 Å². The molecule has 1 aromatic carbocycles. The lowest BCUT2D eigenvalue weighted by Crippen LogP contribution is -2.14. The number of thiazole rings is 1. The summed E-state index contributed by atoms with van der Waals surface area (Å²) >= 11 is 1.45. The van der Waals surface area contributed by atoms with Crippen LogP contribution < -0.4 is 5.32 Å². The molecule has 0 atom stereocenters. The zero-order chi connectivity index (χ0) is 13.1. The van der Waals surface area contributed by atoms with E-state index in [0.29, 0.717) is 11.6 Å². The Morgan fingerprint density at radius 1 is 1.28 bits per heavy atom. The quantitative estimate of drug-likeness (QED) is 0.920. The normalized spacial score (nSPS) is 10.4. The molecule has 2 rings (SSSR count). The average molecular weight is 260 g/mol. The molecule has 0 spiro atoms. The minimum atomic E-state index is -0.0207. The van der Waals surface area contributed by atoms with Crippen molar-refractivity contribution in [2.75, 3.05) is 5.32 Å². The zero-order valence-corrected chi connectivity index (χ0v) is 11.6. The van der Waals surface area contributed by atoms with Crippen molar-refractivity contribution in [3.63, 3.8) is 0 Å². The van der Waals surface area contributed by atoms with E-state index in [1.807, 2.05) is 24.4 Å². The molecule has 0 aliphatic heterocycles. The van der Waals surface area contributed by atoms with Crippen LogP contribution in [0.1, 0.15) is 22.4 Å². The number of hydrogen-bond acceptors (Lipinski definition) is 3. The molecule has 1 heterocycles. The molecule has 1 amide bonds.